The monoisotopic (exact) mass is 254 g/mol. The molecule has 1 rings (SSSR count). The topological polar surface area (TPSA) is 53.4 Å². The number of aromatic carboxylic acids is 1. The Labute approximate surface area is 106 Å². The molecule has 4 nitrogen and oxygen atoms in total. The van der Waals surface area contributed by atoms with Gasteiger partial charge in [-0.3, -0.25) is 0 Å². The number of carbonyl (C=O) groups is 1. The number of aromatic nitrogens is 1. The van der Waals surface area contributed by atoms with Gasteiger partial charge in [-0.2, -0.15) is 0 Å². The van der Waals surface area contributed by atoms with Gasteiger partial charge in [-0.15, -0.1) is 0 Å². The van der Waals surface area contributed by atoms with Gasteiger partial charge in [-0.05, 0) is 25.8 Å². The Kier molecular flexibility index (Phi) is 4.64. The Balaban J connectivity index is 3.20. The van der Waals surface area contributed by atoms with E-state index in [1.165, 1.54) is 12.3 Å². The Hall–Kier alpha value is -1.65. The number of nitrogens with zero attached hydrogens (tertiary/aromatic N) is 2. The first-order valence-electron chi connectivity index (χ1n) is 5.99. The summed E-state index contributed by atoms with van der Waals surface area (Å²) in [6.07, 6.45) is 1.33. The molecule has 18 heavy (non-hydrogen) atoms. The molecule has 0 aromatic carbocycles. The first-order chi connectivity index (χ1) is 8.34. The number of carboxylic acid groups (broad SMARTS) is 1. The van der Waals surface area contributed by atoms with Crippen LogP contribution >= 0.6 is 0 Å². The van der Waals surface area contributed by atoms with Crippen LogP contribution in [0.25, 0.3) is 0 Å². The van der Waals surface area contributed by atoms with E-state index in [1.807, 2.05) is 27.7 Å². The normalized spacial score (nSPS) is 11.1. The van der Waals surface area contributed by atoms with E-state index >= 15 is 0 Å². The van der Waals surface area contributed by atoms with E-state index in [4.69, 9.17) is 5.11 Å². The number of anilines is 1. The Morgan fingerprint density at radius 3 is 2.50 bits per heavy atom. The maximum atomic E-state index is 14.1. The Morgan fingerprint density at radius 2 is 2.06 bits per heavy atom. The summed E-state index contributed by atoms with van der Waals surface area (Å²) in [5, 5.41) is 8.91. The van der Waals surface area contributed by atoms with E-state index in [2.05, 4.69) is 4.98 Å². The molecule has 0 unspecified atom stereocenters. The number of rotatable bonds is 5. The van der Waals surface area contributed by atoms with Gasteiger partial charge in [0.05, 0.1) is 0 Å². The predicted molar refractivity (Wildman–Crippen MR) is 68.5 cm³/mol. The average Bonchev–Trinajstić information content (AvgIpc) is 2.25. The van der Waals surface area contributed by atoms with Gasteiger partial charge >= 0.3 is 5.97 Å². The van der Waals surface area contributed by atoms with E-state index in [-0.39, 0.29) is 17.4 Å². The van der Waals surface area contributed by atoms with Crippen LogP contribution in [0.5, 0.6) is 0 Å². The second-order valence-corrected chi connectivity index (χ2v) is 4.94. The van der Waals surface area contributed by atoms with Crippen molar-refractivity contribution in [2.75, 3.05) is 11.4 Å². The van der Waals surface area contributed by atoms with E-state index in [9.17, 15) is 9.18 Å². The van der Waals surface area contributed by atoms with Crippen LogP contribution in [-0.4, -0.2) is 28.6 Å². The van der Waals surface area contributed by atoms with Crippen molar-refractivity contribution in [1.82, 2.24) is 4.98 Å². The number of halogens is 1. The van der Waals surface area contributed by atoms with Crippen LogP contribution in [0, 0.1) is 11.7 Å². The number of hydrogen-bond donors (Lipinski definition) is 1. The van der Waals surface area contributed by atoms with Crippen molar-refractivity contribution in [3.05, 3.63) is 23.6 Å². The summed E-state index contributed by atoms with van der Waals surface area (Å²) in [7, 11) is 0. The van der Waals surface area contributed by atoms with Crippen molar-refractivity contribution < 1.29 is 14.3 Å². The van der Waals surface area contributed by atoms with E-state index in [0.717, 1.165) is 0 Å². The third kappa shape index (κ3) is 3.18. The smallest absolute Gasteiger partial charge is 0.338 e. The maximum absolute atomic E-state index is 14.1. The summed E-state index contributed by atoms with van der Waals surface area (Å²) < 4.78 is 14.1. The van der Waals surface area contributed by atoms with Crippen molar-refractivity contribution in [3.8, 4) is 0 Å². The summed E-state index contributed by atoms with van der Waals surface area (Å²) in [4.78, 5) is 16.7. The minimum absolute atomic E-state index is 0.0541. The van der Waals surface area contributed by atoms with Crippen molar-refractivity contribution in [1.29, 1.82) is 0 Å². The molecule has 1 aromatic heterocycles. The lowest BCUT2D eigenvalue weighted by Crippen LogP contribution is -2.35. The molecule has 0 atom stereocenters. The molecule has 0 spiro atoms. The van der Waals surface area contributed by atoms with E-state index in [1.54, 1.807) is 4.90 Å². The summed E-state index contributed by atoms with van der Waals surface area (Å²) in [5.41, 5.74) is -0.339. The summed E-state index contributed by atoms with van der Waals surface area (Å²) in [5.74, 6) is -1.59. The van der Waals surface area contributed by atoms with Gasteiger partial charge in [-0.1, -0.05) is 13.8 Å². The van der Waals surface area contributed by atoms with Crippen LogP contribution in [0.1, 0.15) is 38.1 Å². The molecule has 0 saturated heterocycles. The highest BCUT2D eigenvalue weighted by Crippen LogP contribution is 2.22. The van der Waals surface area contributed by atoms with Crippen molar-refractivity contribution in [3.63, 3.8) is 0 Å². The molecule has 1 aromatic rings. The minimum Gasteiger partial charge on any atom is -0.478 e. The van der Waals surface area contributed by atoms with Gasteiger partial charge in [0.15, 0.2) is 11.6 Å². The fourth-order valence-electron chi connectivity index (χ4n) is 1.73. The van der Waals surface area contributed by atoms with Crippen molar-refractivity contribution in [2.24, 2.45) is 5.92 Å². The van der Waals surface area contributed by atoms with Gasteiger partial charge in [0.25, 0.3) is 0 Å². The maximum Gasteiger partial charge on any atom is 0.338 e. The van der Waals surface area contributed by atoms with Crippen LogP contribution in [-0.2, 0) is 0 Å². The number of carboxylic acids is 1. The van der Waals surface area contributed by atoms with Crippen LogP contribution < -0.4 is 4.90 Å². The zero-order valence-corrected chi connectivity index (χ0v) is 11.1. The van der Waals surface area contributed by atoms with Crippen LogP contribution in [0.4, 0.5) is 10.2 Å². The quantitative estimate of drug-likeness (QED) is 0.877. The molecule has 5 heteroatoms. The average molecular weight is 254 g/mol. The molecule has 0 amide bonds. The van der Waals surface area contributed by atoms with Gasteiger partial charge in [0.1, 0.15) is 5.56 Å². The summed E-state index contributed by atoms with van der Waals surface area (Å²) in [6.45, 7) is 8.53. The van der Waals surface area contributed by atoms with Crippen molar-refractivity contribution in [2.45, 2.75) is 33.7 Å². The third-order valence-corrected chi connectivity index (χ3v) is 2.56. The molecule has 0 fully saturated rings. The lowest BCUT2D eigenvalue weighted by Gasteiger charge is -2.30. The lowest BCUT2D eigenvalue weighted by atomic mass is 10.1. The van der Waals surface area contributed by atoms with E-state index < -0.39 is 11.8 Å². The van der Waals surface area contributed by atoms with Gasteiger partial charge < -0.3 is 10.0 Å². The third-order valence-electron chi connectivity index (χ3n) is 2.56. The van der Waals surface area contributed by atoms with Crippen LogP contribution in [0.3, 0.4) is 0 Å². The first-order valence-corrected chi connectivity index (χ1v) is 5.99. The highest BCUT2D eigenvalue weighted by atomic mass is 19.1. The molecule has 0 aliphatic rings. The molecule has 0 bridgehead atoms. The van der Waals surface area contributed by atoms with Crippen molar-refractivity contribution >= 4 is 11.8 Å². The second kappa shape index (κ2) is 5.80. The first kappa shape index (κ1) is 14.4. The molecule has 0 aliphatic carbocycles. The fourth-order valence-corrected chi connectivity index (χ4v) is 1.73. The van der Waals surface area contributed by atoms with E-state index in [0.29, 0.717) is 12.5 Å². The lowest BCUT2D eigenvalue weighted by molar-refractivity contribution is 0.0691. The number of hydrogen-bond acceptors (Lipinski definition) is 3. The predicted octanol–water partition coefficient (Wildman–Crippen LogP) is 2.79. The molecular formula is C13H19FN2O2. The molecule has 1 heterocycles. The Morgan fingerprint density at radius 1 is 1.44 bits per heavy atom. The van der Waals surface area contributed by atoms with Crippen LogP contribution in [0.2, 0.25) is 0 Å². The second-order valence-electron chi connectivity index (χ2n) is 4.94. The number of pyridine rings is 1. The minimum atomic E-state index is -1.27. The molecule has 0 aliphatic heterocycles. The fraction of sp³-hybridized carbons (Fsp3) is 0.538. The van der Waals surface area contributed by atoms with Crippen LogP contribution in [0.15, 0.2) is 12.3 Å². The molecule has 0 saturated carbocycles. The summed E-state index contributed by atoms with van der Waals surface area (Å²) in [6, 6.07) is 1.23. The zero-order chi connectivity index (χ0) is 13.9. The largest absolute Gasteiger partial charge is 0.478 e. The highest BCUT2D eigenvalue weighted by Gasteiger charge is 2.22. The zero-order valence-electron chi connectivity index (χ0n) is 11.1. The highest BCUT2D eigenvalue weighted by molar-refractivity contribution is 5.88. The SMILES string of the molecule is CC(C)CN(c1nccc(C(=O)O)c1F)C(C)C. The Bertz CT molecular complexity index is 433. The van der Waals surface area contributed by atoms with Gasteiger partial charge in [0.2, 0.25) is 0 Å². The molecule has 100 valence electrons. The van der Waals surface area contributed by atoms with Gasteiger partial charge in [-0.25, -0.2) is 14.2 Å². The van der Waals surface area contributed by atoms with Gasteiger partial charge in [0, 0.05) is 18.8 Å². The molecular weight excluding hydrogens is 235 g/mol. The summed E-state index contributed by atoms with van der Waals surface area (Å²) >= 11 is 0. The standard InChI is InChI=1S/C13H19FN2O2/c1-8(2)7-16(9(3)4)12-11(14)10(13(17)18)5-6-15-12/h5-6,8-9H,7H2,1-4H3,(H,17,18). The molecule has 1 N–H and O–H groups in total. The molecule has 0 radical (unpaired) electrons.